The molecule has 0 heterocycles. The quantitative estimate of drug-likeness (QED) is 0.511. The molecule has 2 unspecified atom stereocenters. The molecule has 0 aromatic heterocycles. The Kier molecular flexibility index (Phi) is 1.90. The van der Waals surface area contributed by atoms with E-state index in [2.05, 4.69) is 0 Å². The first kappa shape index (κ1) is 8.50. The van der Waals surface area contributed by atoms with Crippen LogP contribution in [0.1, 0.15) is 20.8 Å². The van der Waals surface area contributed by atoms with Crippen LogP contribution in [0.2, 0.25) is 0 Å². The third-order valence-electron chi connectivity index (χ3n) is 2.40. The lowest BCUT2D eigenvalue weighted by Crippen LogP contribution is -2.29. The standard InChI is InChI=1S/C9H14O2/c1-6-7(2)9(3,11)5-4-8(6)10/h4-5,8,10-11H,1-3H3. The highest BCUT2D eigenvalue weighted by atomic mass is 16.3. The summed E-state index contributed by atoms with van der Waals surface area (Å²) < 4.78 is 0. The molecule has 0 aromatic rings. The summed E-state index contributed by atoms with van der Waals surface area (Å²) in [7, 11) is 0. The third-order valence-corrected chi connectivity index (χ3v) is 2.40. The van der Waals surface area contributed by atoms with E-state index < -0.39 is 11.7 Å². The second-order valence-corrected chi connectivity index (χ2v) is 3.26. The van der Waals surface area contributed by atoms with Crippen molar-refractivity contribution >= 4 is 0 Å². The zero-order valence-corrected chi connectivity index (χ0v) is 7.13. The van der Waals surface area contributed by atoms with Crippen molar-refractivity contribution in [1.29, 1.82) is 0 Å². The number of aliphatic hydroxyl groups is 2. The molecule has 0 aliphatic heterocycles. The lowest BCUT2D eigenvalue weighted by molar-refractivity contribution is 0.137. The molecular formula is C9H14O2. The predicted octanol–water partition coefficient (Wildman–Crippen LogP) is 1.00. The van der Waals surface area contributed by atoms with Crippen molar-refractivity contribution in [3.8, 4) is 0 Å². The van der Waals surface area contributed by atoms with Crippen LogP contribution < -0.4 is 0 Å². The van der Waals surface area contributed by atoms with Gasteiger partial charge in [-0.15, -0.1) is 0 Å². The Morgan fingerprint density at radius 3 is 2.45 bits per heavy atom. The summed E-state index contributed by atoms with van der Waals surface area (Å²) in [5, 5.41) is 19.0. The maximum atomic E-state index is 9.68. The molecule has 1 aliphatic rings. The van der Waals surface area contributed by atoms with E-state index >= 15 is 0 Å². The minimum atomic E-state index is -0.872. The summed E-state index contributed by atoms with van der Waals surface area (Å²) in [4.78, 5) is 0. The van der Waals surface area contributed by atoms with E-state index in [-0.39, 0.29) is 0 Å². The Balaban J connectivity index is 3.04. The molecule has 2 nitrogen and oxygen atoms in total. The van der Waals surface area contributed by atoms with Crippen LogP contribution in [0.3, 0.4) is 0 Å². The van der Waals surface area contributed by atoms with Crippen molar-refractivity contribution in [3.63, 3.8) is 0 Å². The number of hydrogen-bond donors (Lipinski definition) is 2. The van der Waals surface area contributed by atoms with Gasteiger partial charge in [-0.3, -0.25) is 0 Å². The first-order chi connectivity index (χ1) is 4.95. The predicted molar refractivity (Wildman–Crippen MR) is 44.1 cm³/mol. The Morgan fingerprint density at radius 1 is 1.45 bits per heavy atom. The van der Waals surface area contributed by atoms with E-state index in [1.165, 1.54) is 0 Å². The lowest BCUT2D eigenvalue weighted by Gasteiger charge is -2.28. The maximum absolute atomic E-state index is 9.68. The first-order valence-corrected chi connectivity index (χ1v) is 3.73. The van der Waals surface area contributed by atoms with Crippen molar-refractivity contribution < 1.29 is 10.2 Å². The fraction of sp³-hybridized carbons (Fsp3) is 0.556. The molecule has 0 saturated carbocycles. The molecule has 0 radical (unpaired) electrons. The second-order valence-electron chi connectivity index (χ2n) is 3.26. The summed E-state index contributed by atoms with van der Waals surface area (Å²) in [6.07, 6.45) is 2.72. The van der Waals surface area contributed by atoms with Gasteiger partial charge in [0, 0.05) is 0 Å². The lowest BCUT2D eigenvalue weighted by atomic mass is 9.86. The van der Waals surface area contributed by atoms with E-state index in [1.807, 2.05) is 13.8 Å². The Bertz CT molecular complexity index is 224. The number of rotatable bonds is 0. The molecule has 62 valence electrons. The first-order valence-electron chi connectivity index (χ1n) is 3.73. The number of hydrogen-bond acceptors (Lipinski definition) is 2. The average Bonchev–Trinajstić information content (AvgIpc) is 1.95. The van der Waals surface area contributed by atoms with E-state index in [1.54, 1.807) is 19.1 Å². The molecule has 0 spiro atoms. The average molecular weight is 154 g/mol. The zero-order valence-electron chi connectivity index (χ0n) is 7.13. The molecule has 0 bridgehead atoms. The van der Waals surface area contributed by atoms with Crippen LogP contribution in [0.4, 0.5) is 0 Å². The summed E-state index contributed by atoms with van der Waals surface area (Å²) in [6, 6.07) is 0. The summed E-state index contributed by atoms with van der Waals surface area (Å²) in [6.45, 7) is 5.38. The van der Waals surface area contributed by atoms with Gasteiger partial charge in [0.1, 0.15) is 5.60 Å². The van der Waals surface area contributed by atoms with Crippen molar-refractivity contribution in [2.45, 2.75) is 32.5 Å². The smallest absolute Gasteiger partial charge is 0.101 e. The summed E-state index contributed by atoms with van der Waals surface area (Å²) in [5.41, 5.74) is 0.813. The molecule has 0 amide bonds. The third kappa shape index (κ3) is 1.37. The largest absolute Gasteiger partial charge is 0.385 e. The van der Waals surface area contributed by atoms with Gasteiger partial charge in [0.25, 0.3) is 0 Å². The fourth-order valence-corrected chi connectivity index (χ4v) is 1.17. The monoisotopic (exact) mass is 154 g/mol. The van der Waals surface area contributed by atoms with Crippen LogP contribution in [-0.4, -0.2) is 21.9 Å². The minimum Gasteiger partial charge on any atom is -0.385 e. The summed E-state index contributed by atoms with van der Waals surface area (Å²) >= 11 is 0. The van der Waals surface area contributed by atoms with Gasteiger partial charge in [0.15, 0.2) is 0 Å². The highest BCUT2D eigenvalue weighted by Gasteiger charge is 2.26. The van der Waals surface area contributed by atoms with Gasteiger partial charge in [0.05, 0.1) is 6.10 Å². The zero-order chi connectivity index (χ0) is 8.65. The van der Waals surface area contributed by atoms with Crippen molar-refractivity contribution in [2.24, 2.45) is 0 Å². The maximum Gasteiger partial charge on any atom is 0.101 e. The molecule has 1 aliphatic carbocycles. The Morgan fingerprint density at radius 2 is 2.00 bits per heavy atom. The van der Waals surface area contributed by atoms with Gasteiger partial charge in [0.2, 0.25) is 0 Å². The second kappa shape index (κ2) is 2.47. The highest BCUT2D eigenvalue weighted by molar-refractivity contribution is 5.35. The van der Waals surface area contributed by atoms with Crippen LogP contribution in [0.25, 0.3) is 0 Å². The van der Waals surface area contributed by atoms with E-state index in [9.17, 15) is 10.2 Å². The minimum absolute atomic E-state index is 0.518. The van der Waals surface area contributed by atoms with Crippen LogP contribution in [0.5, 0.6) is 0 Å². The molecule has 1 rings (SSSR count). The van der Waals surface area contributed by atoms with Gasteiger partial charge in [-0.05, 0) is 31.9 Å². The Hall–Kier alpha value is -0.600. The van der Waals surface area contributed by atoms with Gasteiger partial charge in [-0.25, -0.2) is 0 Å². The molecular weight excluding hydrogens is 140 g/mol. The van der Waals surface area contributed by atoms with E-state index in [0.717, 1.165) is 11.1 Å². The van der Waals surface area contributed by atoms with Gasteiger partial charge < -0.3 is 10.2 Å². The molecule has 0 fully saturated rings. The van der Waals surface area contributed by atoms with Gasteiger partial charge in [-0.2, -0.15) is 0 Å². The normalized spacial score (nSPS) is 38.1. The van der Waals surface area contributed by atoms with Crippen LogP contribution in [0.15, 0.2) is 23.3 Å². The SMILES string of the molecule is CC1=C(C)C(C)(O)C=CC1O. The van der Waals surface area contributed by atoms with E-state index in [4.69, 9.17) is 0 Å². The molecule has 2 atom stereocenters. The van der Waals surface area contributed by atoms with E-state index in [0.29, 0.717) is 0 Å². The van der Waals surface area contributed by atoms with Crippen LogP contribution in [0, 0.1) is 0 Å². The van der Waals surface area contributed by atoms with Crippen molar-refractivity contribution in [3.05, 3.63) is 23.3 Å². The van der Waals surface area contributed by atoms with Gasteiger partial charge >= 0.3 is 0 Å². The highest BCUT2D eigenvalue weighted by Crippen LogP contribution is 2.27. The number of aliphatic hydroxyl groups excluding tert-OH is 1. The topological polar surface area (TPSA) is 40.5 Å². The fourth-order valence-electron chi connectivity index (χ4n) is 1.17. The van der Waals surface area contributed by atoms with Crippen molar-refractivity contribution in [1.82, 2.24) is 0 Å². The van der Waals surface area contributed by atoms with Crippen LogP contribution in [-0.2, 0) is 0 Å². The Labute approximate surface area is 66.9 Å². The molecule has 2 N–H and O–H groups in total. The van der Waals surface area contributed by atoms with Crippen LogP contribution >= 0.6 is 0 Å². The molecule has 0 saturated heterocycles. The molecule has 11 heavy (non-hydrogen) atoms. The van der Waals surface area contributed by atoms with Gasteiger partial charge in [-0.1, -0.05) is 12.2 Å². The van der Waals surface area contributed by atoms with Crippen molar-refractivity contribution in [2.75, 3.05) is 0 Å². The molecule has 2 heteroatoms. The molecule has 0 aromatic carbocycles. The summed E-state index contributed by atoms with van der Waals surface area (Å²) in [5.74, 6) is 0.